The van der Waals surface area contributed by atoms with Gasteiger partial charge in [0.15, 0.2) is 0 Å². The molecule has 0 fully saturated rings. The van der Waals surface area contributed by atoms with Gasteiger partial charge in [-0.2, -0.15) is 8.78 Å². The molecule has 0 aliphatic rings. The highest BCUT2D eigenvalue weighted by molar-refractivity contribution is 5.73. The van der Waals surface area contributed by atoms with E-state index in [9.17, 15) is 13.6 Å². The summed E-state index contributed by atoms with van der Waals surface area (Å²) in [6, 6.07) is 6.02. The SMILES string of the molecule is CCNC(=O)N(C)Cc1ccc(OC(F)F)cc1. The number of carbonyl (C=O) groups is 1. The maximum atomic E-state index is 11.9. The normalized spacial score (nSPS) is 10.3. The van der Waals surface area contributed by atoms with E-state index in [0.717, 1.165) is 5.56 Å². The zero-order valence-corrected chi connectivity index (χ0v) is 10.3. The van der Waals surface area contributed by atoms with Crippen LogP contribution < -0.4 is 10.1 Å². The van der Waals surface area contributed by atoms with Crippen molar-refractivity contribution < 1.29 is 18.3 Å². The Kier molecular flexibility index (Phi) is 5.35. The van der Waals surface area contributed by atoms with E-state index in [1.54, 1.807) is 19.2 Å². The Morgan fingerprint density at radius 3 is 2.50 bits per heavy atom. The van der Waals surface area contributed by atoms with E-state index in [4.69, 9.17) is 0 Å². The molecular weight excluding hydrogens is 242 g/mol. The number of hydrogen-bond donors (Lipinski definition) is 1. The van der Waals surface area contributed by atoms with Crippen LogP contribution in [-0.2, 0) is 6.54 Å². The molecule has 0 spiro atoms. The number of carbonyl (C=O) groups excluding carboxylic acids is 1. The molecular formula is C12H16F2N2O2. The lowest BCUT2D eigenvalue weighted by Gasteiger charge is -2.17. The molecule has 1 rings (SSSR count). The van der Waals surface area contributed by atoms with Gasteiger partial charge in [-0.15, -0.1) is 0 Å². The van der Waals surface area contributed by atoms with E-state index in [1.807, 2.05) is 6.92 Å². The summed E-state index contributed by atoms with van der Waals surface area (Å²) >= 11 is 0. The van der Waals surface area contributed by atoms with Gasteiger partial charge in [0.1, 0.15) is 5.75 Å². The molecule has 0 saturated heterocycles. The van der Waals surface area contributed by atoms with Crippen LogP contribution >= 0.6 is 0 Å². The molecule has 0 atom stereocenters. The average Bonchev–Trinajstić information content (AvgIpc) is 2.31. The number of urea groups is 1. The molecule has 1 aromatic carbocycles. The van der Waals surface area contributed by atoms with Crippen LogP contribution in [0.15, 0.2) is 24.3 Å². The van der Waals surface area contributed by atoms with Crippen LogP contribution in [-0.4, -0.2) is 31.1 Å². The van der Waals surface area contributed by atoms with Gasteiger partial charge in [-0.3, -0.25) is 0 Å². The highest BCUT2D eigenvalue weighted by Gasteiger charge is 2.08. The van der Waals surface area contributed by atoms with Crippen molar-refractivity contribution in [1.82, 2.24) is 10.2 Å². The van der Waals surface area contributed by atoms with Gasteiger partial charge in [-0.05, 0) is 24.6 Å². The molecule has 100 valence electrons. The van der Waals surface area contributed by atoms with Gasteiger partial charge in [0, 0.05) is 20.1 Å². The summed E-state index contributed by atoms with van der Waals surface area (Å²) in [6.45, 7) is -0.0262. The average molecular weight is 258 g/mol. The van der Waals surface area contributed by atoms with E-state index in [2.05, 4.69) is 10.1 Å². The predicted molar refractivity (Wildman–Crippen MR) is 63.6 cm³/mol. The monoisotopic (exact) mass is 258 g/mol. The number of alkyl halides is 2. The van der Waals surface area contributed by atoms with Crippen molar-refractivity contribution in [2.45, 2.75) is 20.1 Å². The van der Waals surface area contributed by atoms with Crippen LogP contribution in [0.25, 0.3) is 0 Å². The lowest BCUT2D eigenvalue weighted by Crippen LogP contribution is -2.36. The van der Waals surface area contributed by atoms with Crippen molar-refractivity contribution in [1.29, 1.82) is 0 Å². The summed E-state index contributed by atoms with van der Waals surface area (Å²) in [5.74, 6) is 0.106. The van der Waals surface area contributed by atoms with Crippen molar-refractivity contribution in [2.24, 2.45) is 0 Å². The molecule has 18 heavy (non-hydrogen) atoms. The quantitative estimate of drug-likeness (QED) is 0.881. The lowest BCUT2D eigenvalue weighted by atomic mass is 10.2. The van der Waals surface area contributed by atoms with Crippen molar-refractivity contribution in [2.75, 3.05) is 13.6 Å². The third-order valence-corrected chi connectivity index (χ3v) is 2.24. The van der Waals surface area contributed by atoms with Gasteiger partial charge in [0.05, 0.1) is 0 Å². The molecule has 0 radical (unpaired) electrons. The first-order valence-electron chi connectivity index (χ1n) is 5.55. The van der Waals surface area contributed by atoms with Gasteiger partial charge < -0.3 is 15.0 Å². The first-order chi connectivity index (χ1) is 8.52. The van der Waals surface area contributed by atoms with E-state index in [0.29, 0.717) is 13.1 Å². The zero-order chi connectivity index (χ0) is 13.5. The Hall–Kier alpha value is -1.85. The van der Waals surface area contributed by atoms with Gasteiger partial charge in [-0.25, -0.2) is 4.79 Å². The van der Waals surface area contributed by atoms with E-state index in [-0.39, 0.29) is 11.8 Å². The fraction of sp³-hybridized carbons (Fsp3) is 0.417. The fourth-order valence-electron chi connectivity index (χ4n) is 1.41. The molecule has 4 nitrogen and oxygen atoms in total. The molecule has 0 heterocycles. The number of rotatable bonds is 5. The van der Waals surface area contributed by atoms with Gasteiger partial charge in [-0.1, -0.05) is 12.1 Å². The highest BCUT2D eigenvalue weighted by atomic mass is 19.3. The summed E-state index contributed by atoms with van der Waals surface area (Å²) in [6.07, 6.45) is 0. The van der Waals surface area contributed by atoms with Crippen LogP contribution in [0, 0.1) is 0 Å². The maximum Gasteiger partial charge on any atom is 0.387 e. The van der Waals surface area contributed by atoms with E-state index >= 15 is 0 Å². The molecule has 0 aliphatic carbocycles. The molecule has 0 saturated carbocycles. The number of halogens is 2. The first kappa shape index (κ1) is 14.2. The molecule has 0 aromatic heterocycles. The van der Waals surface area contributed by atoms with Crippen LogP contribution in [0.2, 0.25) is 0 Å². The minimum Gasteiger partial charge on any atom is -0.435 e. The number of hydrogen-bond acceptors (Lipinski definition) is 2. The van der Waals surface area contributed by atoms with E-state index in [1.165, 1.54) is 17.0 Å². The second-order valence-electron chi connectivity index (χ2n) is 3.71. The molecule has 0 unspecified atom stereocenters. The van der Waals surface area contributed by atoms with Crippen LogP contribution in [0.4, 0.5) is 13.6 Å². The van der Waals surface area contributed by atoms with Gasteiger partial charge >= 0.3 is 12.6 Å². The molecule has 1 aromatic rings. The lowest BCUT2D eigenvalue weighted by molar-refractivity contribution is -0.0498. The number of nitrogens with one attached hydrogen (secondary N) is 1. The third kappa shape index (κ3) is 4.57. The topological polar surface area (TPSA) is 41.6 Å². The van der Waals surface area contributed by atoms with Crippen molar-refractivity contribution in [3.63, 3.8) is 0 Å². The summed E-state index contributed by atoms with van der Waals surface area (Å²) in [7, 11) is 1.66. The smallest absolute Gasteiger partial charge is 0.387 e. The molecule has 1 N–H and O–H groups in total. The Morgan fingerprint density at radius 2 is 2.00 bits per heavy atom. The Morgan fingerprint density at radius 1 is 1.39 bits per heavy atom. The minimum absolute atomic E-state index is 0.106. The second kappa shape index (κ2) is 6.78. The number of benzene rings is 1. The summed E-state index contributed by atoms with van der Waals surface area (Å²) in [5, 5.41) is 2.67. The largest absolute Gasteiger partial charge is 0.435 e. The number of amides is 2. The second-order valence-corrected chi connectivity index (χ2v) is 3.71. The van der Waals surface area contributed by atoms with E-state index < -0.39 is 6.61 Å². The first-order valence-corrected chi connectivity index (χ1v) is 5.55. The fourth-order valence-corrected chi connectivity index (χ4v) is 1.41. The molecule has 0 bridgehead atoms. The van der Waals surface area contributed by atoms with Crippen molar-refractivity contribution >= 4 is 6.03 Å². The molecule has 6 heteroatoms. The Bertz CT molecular complexity index is 382. The highest BCUT2D eigenvalue weighted by Crippen LogP contribution is 2.15. The number of nitrogens with zero attached hydrogens (tertiary/aromatic N) is 1. The number of ether oxygens (including phenoxy) is 1. The Balaban J connectivity index is 2.55. The minimum atomic E-state index is -2.83. The maximum absolute atomic E-state index is 11.9. The summed E-state index contributed by atoms with van der Waals surface area (Å²) < 4.78 is 28.1. The third-order valence-electron chi connectivity index (χ3n) is 2.24. The van der Waals surface area contributed by atoms with Crippen LogP contribution in [0.3, 0.4) is 0 Å². The Labute approximate surface area is 105 Å². The summed E-state index contributed by atoms with van der Waals surface area (Å²) in [4.78, 5) is 13.0. The predicted octanol–water partition coefficient (Wildman–Crippen LogP) is 2.45. The van der Waals surface area contributed by atoms with Crippen LogP contribution in [0.5, 0.6) is 5.75 Å². The molecule has 2 amide bonds. The van der Waals surface area contributed by atoms with Crippen molar-refractivity contribution in [3.8, 4) is 5.75 Å². The van der Waals surface area contributed by atoms with Crippen molar-refractivity contribution in [3.05, 3.63) is 29.8 Å². The zero-order valence-electron chi connectivity index (χ0n) is 10.3. The van der Waals surface area contributed by atoms with Gasteiger partial charge in [0.25, 0.3) is 0 Å². The summed E-state index contributed by atoms with van der Waals surface area (Å²) in [5.41, 5.74) is 0.838. The molecule has 0 aliphatic heterocycles. The van der Waals surface area contributed by atoms with Gasteiger partial charge in [0.2, 0.25) is 0 Å². The van der Waals surface area contributed by atoms with Crippen LogP contribution in [0.1, 0.15) is 12.5 Å². The standard InChI is InChI=1S/C12H16F2N2O2/c1-3-15-12(17)16(2)8-9-4-6-10(7-5-9)18-11(13)14/h4-7,11H,3,8H2,1-2H3,(H,15,17).